The van der Waals surface area contributed by atoms with Gasteiger partial charge in [-0.05, 0) is 41.8 Å². The van der Waals surface area contributed by atoms with E-state index in [4.69, 9.17) is 0 Å². The van der Waals surface area contributed by atoms with E-state index in [0.29, 0.717) is 24.2 Å². The Morgan fingerprint density at radius 2 is 1.96 bits per heavy atom. The lowest BCUT2D eigenvalue weighted by Crippen LogP contribution is -2.23. The average Bonchev–Trinajstić information content (AvgIpc) is 3.09. The Balaban J connectivity index is 1.70. The summed E-state index contributed by atoms with van der Waals surface area (Å²) in [6.45, 7) is 2.69. The van der Waals surface area contributed by atoms with E-state index in [-0.39, 0.29) is 11.7 Å². The number of rotatable bonds is 5. The molecule has 1 N–H and O–H groups in total. The molecule has 1 aromatic heterocycles. The third kappa shape index (κ3) is 3.68. The van der Waals surface area contributed by atoms with Gasteiger partial charge in [-0.2, -0.15) is 5.10 Å². The van der Waals surface area contributed by atoms with Gasteiger partial charge in [-0.1, -0.05) is 30.3 Å². The van der Waals surface area contributed by atoms with Crippen molar-refractivity contribution in [3.8, 4) is 0 Å². The van der Waals surface area contributed by atoms with Gasteiger partial charge in [0.25, 0.3) is 5.91 Å². The average molecular weight is 323 g/mol. The second-order valence-electron chi connectivity index (χ2n) is 5.62. The van der Waals surface area contributed by atoms with Crippen molar-refractivity contribution < 1.29 is 9.18 Å². The van der Waals surface area contributed by atoms with Crippen molar-refractivity contribution in [3.05, 3.63) is 89.0 Å². The van der Waals surface area contributed by atoms with Gasteiger partial charge in [-0.3, -0.25) is 9.48 Å². The van der Waals surface area contributed by atoms with E-state index in [1.807, 2.05) is 41.2 Å². The number of hydrogen-bond donors (Lipinski definition) is 1. The van der Waals surface area contributed by atoms with E-state index < -0.39 is 0 Å². The van der Waals surface area contributed by atoms with Gasteiger partial charge in [0.2, 0.25) is 0 Å². The topological polar surface area (TPSA) is 46.9 Å². The lowest BCUT2D eigenvalue weighted by atomic mass is 10.1. The summed E-state index contributed by atoms with van der Waals surface area (Å²) < 4.78 is 15.4. The minimum Gasteiger partial charge on any atom is -0.348 e. The molecule has 0 fully saturated rings. The van der Waals surface area contributed by atoms with E-state index in [9.17, 15) is 9.18 Å². The van der Waals surface area contributed by atoms with Crippen LogP contribution in [0.1, 0.15) is 27.0 Å². The third-order valence-corrected chi connectivity index (χ3v) is 3.88. The Bertz CT molecular complexity index is 844. The number of hydrogen-bond acceptors (Lipinski definition) is 2. The van der Waals surface area contributed by atoms with Crippen LogP contribution in [0.4, 0.5) is 4.39 Å². The number of nitrogens with zero attached hydrogens (tertiary/aromatic N) is 2. The highest BCUT2D eigenvalue weighted by Crippen LogP contribution is 2.12. The summed E-state index contributed by atoms with van der Waals surface area (Å²) in [6.07, 6.45) is 3.63. The normalized spacial score (nSPS) is 10.6. The monoisotopic (exact) mass is 323 g/mol. The van der Waals surface area contributed by atoms with Crippen LogP contribution in [0.15, 0.2) is 60.9 Å². The first-order chi connectivity index (χ1) is 11.6. The molecule has 4 nitrogen and oxygen atoms in total. The Labute approximate surface area is 139 Å². The van der Waals surface area contributed by atoms with E-state index in [1.54, 1.807) is 25.3 Å². The molecule has 0 saturated carbocycles. The first kappa shape index (κ1) is 15.9. The number of halogens is 1. The maximum absolute atomic E-state index is 13.6. The zero-order valence-corrected chi connectivity index (χ0v) is 13.4. The fraction of sp³-hybridized carbons (Fsp3) is 0.158. The van der Waals surface area contributed by atoms with Gasteiger partial charge in [0.05, 0.1) is 6.54 Å². The van der Waals surface area contributed by atoms with Crippen LogP contribution in [0, 0.1) is 12.7 Å². The molecule has 0 aliphatic carbocycles. The van der Waals surface area contributed by atoms with Crippen LogP contribution in [0.2, 0.25) is 0 Å². The summed E-state index contributed by atoms with van der Waals surface area (Å²) in [5.41, 5.74) is 2.93. The molecule has 1 amide bonds. The van der Waals surface area contributed by atoms with Gasteiger partial charge in [0.15, 0.2) is 0 Å². The van der Waals surface area contributed by atoms with Crippen molar-refractivity contribution in [3.63, 3.8) is 0 Å². The molecule has 0 unspecified atom stereocenters. The maximum Gasteiger partial charge on any atom is 0.251 e. The van der Waals surface area contributed by atoms with Gasteiger partial charge in [-0.25, -0.2) is 4.39 Å². The summed E-state index contributed by atoms with van der Waals surface area (Å²) in [5.74, 6) is -0.662. The summed E-state index contributed by atoms with van der Waals surface area (Å²) in [5, 5.41) is 7.05. The Kier molecular flexibility index (Phi) is 4.70. The first-order valence-corrected chi connectivity index (χ1v) is 7.72. The van der Waals surface area contributed by atoms with Crippen LogP contribution in [0.5, 0.6) is 0 Å². The standard InChI is InChI=1S/C19H18FN3O/c1-14-7-8-15(11-18(14)20)19(24)21-12-16-5-2-3-6-17(16)13-23-10-4-9-22-23/h2-11H,12-13H2,1H3,(H,21,24). The molecule has 0 radical (unpaired) electrons. The molecule has 24 heavy (non-hydrogen) atoms. The van der Waals surface area contributed by atoms with Crippen molar-refractivity contribution in [1.82, 2.24) is 15.1 Å². The number of benzene rings is 2. The SMILES string of the molecule is Cc1ccc(C(=O)NCc2ccccc2Cn2cccn2)cc1F. The van der Waals surface area contributed by atoms with E-state index >= 15 is 0 Å². The number of nitrogens with one attached hydrogen (secondary N) is 1. The number of carbonyl (C=O) groups excluding carboxylic acids is 1. The minimum absolute atomic E-state index is 0.289. The van der Waals surface area contributed by atoms with Crippen molar-refractivity contribution in [1.29, 1.82) is 0 Å². The molecule has 0 spiro atoms. The number of amides is 1. The van der Waals surface area contributed by atoms with Crippen molar-refractivity contribution >= 4 is 5.91 Å². The zero-order valence-electron chi connectivity index (χ0n) is 13.4. The predicted octanol–water partition coefficient (Wildman–Crippen LogP) is 3.31. The first-order valence-electron chi connectivity index (χ1n) is 7.72. The summed E-state index contributed by atoms with van der Waals surface area (Å²) in [6, 6.07) is 14.2. The van der Waals surface area contributed by atoms with Crippen LogP contribution < -0.4 is 5.32 Å². The molecule has 3 rings (SSSR count). The van der Waals surface area contributed by atoms with Gasteiger partial charge in [0, 0.05) is 24.5 Å². The molecule has 0 atom stereocenters. The lowest BCUT2D eigenvalue weighted by Gasteiger charge is -2.11. The van der Waals surface area contributed by atoms with Crippen LogP contribution in [0.25, 0.3) is 0 Å². The minimum atomic E-state index is -0.373. The second-order valence-corrected chi connectivity index (χ2v) is 5.62. The highest BCUT2D eigenvalue weighted by Gasteiger charge is 2.09. The fourth-order valence-electron chi connectivity index (χ4n) is 2.46. The van der Waals surface area contributed by atoms with E-state index in [1.165, 1.54) is 6.07 Å². The van der Waals surface area contributed by atoms with Crippen LogP contribution >= 0.6 is 0 Å². The largest absolute Gasteiger partial charge is 0.348 e. The van der Waals surface area contributed by atoms with Gasteiger partial charge < -0.3 is 5.32 Å². The second kappa shape index (κ2) is 7.08. The molecule has 3 aromatic rings. The summed E-state index contributed by atoms with van der Waals surface area (Å²) in [7, 11) is 0. The van der Waals surface area contributed by atoms with Gasteiger partial charge in [0.1, 0.15) is 5.82 Å². The Morgan fingerprint density at radius 3 is 2.67 bits per heavy atom. The zero-order chi connectivity index (χ0) is 16.9. The van der Waals surface area contributed by atoms with Crippen LogP contribution in [-0.4, -0.2) is 15.7 Å². The van der Waals surface area contributed by atoms with Gasteiger partial charge in [-0.15, -0.1) is 0 Å². The highest BCUT2D eigenvalue weighted by molar-refractivity contribution is 5.94. The van der Waals surface area contributed by atoms with Crippen molar-refractivity contribution in [2.75, 3.05) is 0 Å². The molecule has 0 saturated heterocycles. The maximum atomic E-state index is 13.6. The molecule has 0 bridgehead atoms. The molecule has 2 aromatic carbocycles. The molecular weight excluding hydrogens is 305 g/mol. The molecule has 5 heteroatoms. The quantitative estimate of drug-likeness (QED) is 0.783. The number of carbonyl (C=O) groups is 1. The smallest absolute Gasteiger partial charge is 0.251 e. The van der Waals surface area contributed by atoms with Crippen molar-refractivity contribution in [2.45, 2.75) is 20.0 Å². The Morgan fingerprint density at radius 1 is 1.17 bits per heavy atom. The van der Waals surface area contributed by atoms with E-state index in [0.717, 1.165) is 11.1 Å². The summed E-state index contributed by atoms with van der Waals surface area (Å²) >= 11 is 0. The molecule has 0 aliphatic heterocycles. The predicted molar refractivity (Wildman–Crippen MR) is 90.1 cm³/mol. The number of aromatic nitrogens is 2. The van der Waals surface area contributed by atoms with Crippen LogP contribution in [-0.2, 0) is 13.1 Å². The highest BCUT2D eigenvalue weighted by atomic mass is 19.1. The Hall–Kier alpha value is -2.95. The third-order valence-electron chi connectivity index (χ3n) is 3.88. The molecule has 1 heterocycles. The molecule has 122 valence electrons. The molecule has 0 aliphatic rings. The number of aryl methyl sites for hydroxylation is 1. The fourth-order valence-corrected chi connectivity index (χ4v) is 2.46. The lowest BCUT2D eigenvalue weighted by molar-refractivity contribution is 0.0950. The summed E-state index contributed by atoms with van der Waals surface area (Å²) in [4.78, 5) is 12.2. The van der Waals surface area contributed by atoms with Crippen LogP contribution in [0.3, 0.4) is 0 Å². The van der Waals surface area contributed by atoms with E-state index in [2.05, 4.69) is 10.4 Å². The van der Waals surface area contributed by atoms with Crippen molar-refractivity contribution in [2.24, 2.45) is 0 Å². The van der Waals surface area contributed by atoms with Gasteiger partial charge >= 0.3 is 0 Å². The molecular formula is C19H18FN3O.